The van der Waals surface area contributed by atoms with Gasteiger partial charge in [0.15, 0.2) is 29.8 Å². The lowest BCUT2D eigenvalue weighted by Crippen LogP contribution is -2.71. The van der Waals surface area contributed by atoms with Gasteiger partial charge in [0.25, 0.3) is 11.8 Å². The van der Waals surface area contributed by atoms with Gasteiger partial charge in [-0.2, -0.15) is 0 Å². The predicted octanol–water partition coefficient (Wildman–Crippen LogP) is -0.620. The number of rotatable bonds is 8. The van der Waals surface area contributed by atoms with Crippen molar-refractivity contribution in [3.63, 3.8) is 0 Å². The standard InChI is InChI=1S/C22H18N6O7S3/c1-35-26-14(11-8-37-22(23)24-11)17(29)25-15-18(30)28-16(21(33)34)10(7-36-19(15)28)6-27-3-2-12-9(5-27)4-13(38-12)20(31)32/h2-5,8,15,19H,6-7H2,1H3,(H4-,23,24,25,29,31,32,33,34)/t15?,19-/m0/s1. The molecular formula is C22H18N6O7S3. The molecule has 16 heteroatoms. The highest BCUT2D eigenvalue weighted by Crippen LogP contribution is 2.40. The number of pyridine rings is 1. The number of thiazole rings is 1. The normalized spacial score (nSPS) is 19.2. The summed E-state index contributed by atoms with van der Waals surface area (Å²) in [5.74, 6) is -3.59. The number of thiophene rings is 1. The minimum Gasteiger partial charge on any atom is -0.543 e. The van der Waals surface area contributed by atoms with Crippen molar-refractivity contribution in [2.24, 2.45) is 5.16 Å². The van der Waals surface area contributed by atoms with Crippen molar-refractivity contribution >= 4 is 79.1 Å². The topological polar surface area (TPSA) is 191 Å². The highest BCUT2D eigenvalue weighted by Gasteiger charge is 2.53. The first-order chi connectivity index (χ1) is 18.2. The van der Waals surface area contributed by atoms with Gasteiger partial charge in [-0.3, -0.25) is 14.5 Å². The van der Waals surface area contributed by atoms with E-state index in [0.717, 1.165) is 32.3 Å². The summed E-state index contributed by atoms with van der Waals surface area (Å²) in [4.78, 5) is 59.3. The Morgan fingerprint density at radius 1 is 1.42 bits per heavy atom. The van der Waals surface area contributed by atoms with Crippen LogP contribution < -0.4 is 20.7 Å². The SMILES string of the molecule is CON=C(C(=O)NC1C(=O)N2C(C(=O)[O-])=C(C[n+]3ccc4sc(C(=O)O)cc4c3)CS[C@@H]12)c1csc(N)n1. The number of aromatic carboxylic acids is 1. The fourth-order valence-corrected chi connectivity index (χ4v) is 6.91. The summed E-state index contributed by atoms with van der Waals surface area (Å²) in [5, 5.41) is 29.4. The molecule has 0 aromatic carbocycles. The molecule has 0 saturated carbocycles. The number of carboxylic acids is 2. The number of carbonyl (C=O) groups is 4. The Morgan fingerprint density at radius 2 is 2.21 bits per heavy atom. The number of anilines is 1. The van der Waals surface area contributed by atoms with Crippen LogP contribution in [0.25, 0.3) is 10.1 Å². The van der Waals surface area contributed by atoms with E-state index in [1.807, 2.05) is 0 Å². The number of β-lactam (4-membered cyclic amide) rings is 1. The van der Waals surface area contributed by atoms with Gasteiger partial charge in [0.1, 0.15) is 29.1 Å². The van der Waals surface area contributed by atoms with Gasteiger partial charge in [0, 0.05) is 27.5 Å². The molecule has 2 aliphatic rings. The van der Waals surface area contributed by atoms with Crippen molar-refractivity contribution in [3.8, 4) is 0 Å². The third-order valence-electron chi connectivity index (χ3n) is 5.79. The fraction of sp³-hybridized carbons (Fsp3) is 0.227. The molecule has 0 aliphatic carbocycles. The van der Waals surface area contributed by atoms with Crippen LogP contribution in [-0.2, 0) is 25.8 Å². The first-order valence-corrected chi connectivity index (χ1v) is 13.6. The van der Waals surface area contributed by atoms with E-state index >= 15 is 0 Å². The number of nitrogens with one attached hydrogen (secondary N) is 1. The number of hydrogen-bond donors (Lipinski definition) is 3. The zero-order valence-corrected chi connectivity index (χ0v) is 21.9. The van der Waals surface area contributed by atoms with Gasteiger partial charge in [0.2, 0.25) is 0 Å². The van der Waals surface area contributed by atoms with Crippen LogP contribution in [0, 0.1) is 0 Å². The molecule has 3 aromatic rings. The Kier molecular flexibility index (Phi) is 6.77. The van der Waals surface area contributed by atoms with E-state index in [0.29, 0.717) is 11.0 Å². The summed E-state index contributed by atoms with van der Waals surface area (Å²) >= 11 is 3.54. The van der Waals surface area contributed by atoms with E-state index in [1.165, 1.54) is 24.3 Å². The first kappa shape index (κ1) is 25.6. The quantitative estimate of drug-likeness (QED) is 0.135. The summed E-state index contributed by atoms with van der Waals surface area (Å²) in [6.45, 7) is 0.147. The molecule has 2 atom stereocenters. The van der Waals surface area contributed by atoms with Crippen molar-refractivity contribution < 1.29 is 38.8 Å². The van der Waals surface area contributed by atoms with E-state index in [9.17, 15) is 29.4 Å². The summed E-state index contributed by atoms with van der Waals surface area (Å²) in [7, 11) is 1.26. The number of amides is 2. The number of hydrogen-bond acceptors (Lipinski definition) is 12. The zero-order chi connectivity index (χ0) is 27.1. The van der Waals surface area contributed by atoms with Crippen molar-refractivity contribution in [2.75, 3.05) is 18.6 Å². The van der Waals surface area contributed by atoms with E-state index in [1.54, 1.807) is 29.1 Å². The Hall–Kier alpha value is -4.02. The summed E-state index contributed by atoms with van der Waals surface area (Å²) in [6.07, 6.45) is 3.43. The lowest BCUT2D eigenvalue weighted by atomic mass is 10.0. The van der Waals surface area contributed by atoms with Crippen molar-refractivity contribution in [2.45, 2.75) is 18.0 Å². The Bertz CT molecular complexity index is 1560. The van der Waals surface area contributed by atoms with Gasteiger partial charge >= 0.3 is 5.97 Å². The molecule has 5 heterocycles. The van der Waals surface area contributed by atoms with Gasteiger partial charge in [-0.15, -0.1) is 34.4 Å². The molecule has 3 aromatic heterocycles. The van der Waals surface area contributed by atoms with Crippen molar-refractivity contribution in [1.82, 2.24) is 15.2 Å². The Balaban J connectivity index is 1.36. The first-order valence-electron chi connectivity index (χ1n) is 10.8. The molecule has 0 radical (unpaired) electrons. The molecule has 196 valence electrons. The van der Waals surface area contributed by atoms with Crippen LogP contribution in [0.1, 0.15) is 15.4 Å². The Morgan fingerprint density at radius 3 is 2.87 bits per heavy atom. The lowest BCUT2D eigenvalue weighted by molar-refractivity contribution is -0.687. The van der Waals surface area contributed by atoms with Gasteiger partial charge in [-0.05, 0) is 6.07 Å². The molecule has 13 nitrogen and oxygen atoms in total. The number of thioether (sulfide) groups is 1. The molecule has 1 unspecified atom stereocenters. The number of aliphatic carboxylic acids is 1. The number of carboxylic acid groups (broad SMARTS) is 2. The maximum atomic E-state index is 13.0. The fourth-order valence-electron chi connectivity index (χ4n) is 4.15. The number of oxime groups is 1. The Labute approximate surface area is 226 Å². The van der Waals surface area contributed by atoms with Gasteiger partial charge in [-0.1, -0.05) is 5.16 Å². The number of aromatic nitrogens is 2. The third kappa shape index (κ3) is 4.57. The van der Waals surface area contributed by atoms with Gasteiger partial charge in [0.05, 0.1) is 17.1 Å². The second kappa shape index (κ2) is 10.0. The lowest BCUT2D eigenvalue weighted by Gasteiger charge is -2.50. The molecule has 2 amide bonds. The van der Waals surface area contributed by atoms with Gasteiger partial charge in [-0.25, -0.2) is 14.3 Å². The molecule has 5 rings (SSSR count). The largest absolute Gasteiger partial charge is 0.543 e. The molecule has 38 heavy (non-hydrogen) atoms. The number of nitrogens with zero attached hydrogens (tertiary/aromatic N) is 4. The maximum absolute atomic E-state index is 13.0. The highest BCUT2D eigenvalue weighted by atomic mass is 32.2. The molecular weight excluding hydrogens is 556 g/mol. The second-order valence-electron chi connectivity index (χ2n) is 8.15. The number of nitrogens with two attached hydrogens (primary N) is 1. The van der Waals surface area contributed by atoms with Crippen LogP contribution in [0.4, 0.5) is 5.13 Å². The monoisotopic (exact) mass is 574 g/mol. The smallest absolute Gasteiger partial charge is 0.345 e. The average Bonchev–Trinajstić information content (AvgIpc) is 3.51. The number of fused-ring (bicyclic) bond motifs is 2. The van der Waals surface area contributed by atoms with Crippen LogP contribution in [0.15, 0.2) is 46.3 Å². The van der Waals surface area contributed by atoms with Crippen molar-refractivity contribution in [1.29, 1.82) is 0 Å². The third-order valence-corrected chi connectivity index (χ3v) is 8.90. The molecule has 1 saturated heterocycles. The molecule has 0 bridgehead atoms. The molecule has 0 spiro atoms. The highest BCUT2D eigenvalue weighted by molar-refractivity contribution is 8.00. The van der Waals surface area contributed by atoms with Gasteiger partial charge < -0.3 is 30.9 Å². The molecule has 2 aliphatic heterocycles. The van der Waals surface area contributed by atoms with E-state index in [2.05, 4.69) is 15.5 Å². The van der Waals surface area contributed by atoms with E-state index in [4.69, 9.17) is 10.6 Å². The minimum absolute atomic E-state index is 0.147. The average molecular weight is 575 g/mol. The summed E-state index contributed by atoms with van der Waals surface area (Å²) in [6, 6.07) is 2.30. The van der Waals surface area contributed by atoms with Crippen molar-refractivity contribution in [3.05, 3.63) is 51.7 Å². The second-order valence-corrected chi connectivity index (χ2v) is 11.2. The minimum atomic E-state index is -1.51. The molecule has 4 N–H and O–H groups in total. The summed E-state index contributed by atoms with van der Waals surface area (Å²) in [5.41, 5.74) is 5.85. The molecule has 1 fully saturated rings. The van der Waals surface area contributed by atoms with Crippen LogP contribution in [-0.4, -0.2) is 68.7 Å². The number of carbonyl (C=O) groups excluding carboxylic acids is 3. The zero-order valence-electron chi connectivity index (χ0n) is 19.4. The summed E-state index contributed by atoms with van der Waals surface area (Å²) < 4.78 is 2.50. The van der Waals surface area contributed by atoms with Crippen LogP contribution in [0.2, 0.25) is 0 Å². The predicted molar refractivity (Wildman–Crippen MR) is 136 cm³/mol. The van der Waals surface area contributed by atoms with E-state index < -0.39 is 35.2 Å². The van der Waals surface area contributed by atoms with Crippen LogP contribution in [0.5, 0.6) is 0 Å². The number of nitrogen functional groups attached to an aromatic ring is 1. The maximum Gasteiger partial charge on any atom is 0.345 e. The van der Waals surface area contributed by atoms with E-state index in [-0.39, 0.29) is 39.4 Å². The van der Waals surface area contributed by atoms with Crippen LogP contribution in [0.3, 0.4) is 0 Å². The van der Waals surface area contributed by atoms with Crippen LogP contribution >= 0.6 is 34.4 Å².